The van der Waals surface area contributed by atoms with Crippen molar-refractivity contribution in [2.45, 2.75) is 12.1 Å². The maximum atomic E-state index is 12.7. The highest BCUT2D eigenvalue weighted by atomic mass is 35.5. The van der Waals surface area contributed by atoms with Crippen LogP contribution < -0.4 is 4.90 Å². The molecule has 198 valence electrons. The Kier molecular flexibility index (Phi) is 9.26. The fourth-order valence-electron chi connectivity index (χ4n) is 4.73. The number of benzene rings is 3. The Morgan fingerprint density at radius 3 is 2.45 bits per heavy atom. The highest BCUT2D eigenvalue weighted by Gasteiger charge is 2.31. The van der Waals surface area contributed by atoms with Crippen LogP contribution in [0.3, 0.4) is 0 Å². The molecule has 0 radical (unpaired) electrons. The van der Waals surface area contributed by atoms with Gasteiger partial charge < -0.3 is 20.0 Å². The number of hydrogen-bond donors (Lipinski definition) is 2. The molecule has 1 fully saturated rings. The highest BCUT2D eigenvalue weighted by Crippen LogP contribution is 2.36. The van der Waals surface area contributed by atoms with E-state index in [1.165, 1.54) is 4.90 Å². The lowest BCUT2D eigenvalue weighted by Gasteiger charge is -2.44. The van der Waals surface area contributed by atoms with Gasteiger partial charge in [0, 0.05) is 50.4 Å². The second-order valence-electron chi connectivity index (χ2n) is 9.36. The van der Waals surface area contributed by atoms with Gasteiger partial charge >= 0.3 is 0 Å². The maximum absolute atomic E-state index is 12.7. The van der Waals surface area contributed by atoms with Crippen molar-refractivity contribution in [1.29, 1.82) is 0 Å². The number of rotatable bonds is 8. The molecule has 0 unspecified atom stereocenters. The summed E-state index contributed by atoms with van der Waals surface area (Å²) in [6.07, 6.45) is -0.683. The van der Waals surface area contributed by atoms with Crippen molar-refractivity contribution < 1.29 is 15.0 Å². The van der Waals surface area contributed by atoms with Gasteiger partial charge in [0.05, 0.1) is 36.0 Å². The number of carbonyl (C=O) groups is 1. The van der Waals surface area contributed by atoms with Gasteiger partial charge in [-0.2, -0.15) is 0 Å². The van der Waals surface area contributed by atoms with Crippen LogP contribution in [0.25, 0.3) is 4.85 Å². The number of β-amino-alcohol motifs (C(OH)–C–C–N with tert-alkyl or cyclic N) is 1. The van der Waals surface area contributed by atoms with Gasteiger partial charge in [0.2, 0.25) is 0 Å². The van der Waals surface area contributed by atoms with Crippen molar-refractivity contribution in [1.82, 2.24) is 9.80 Å². The summed E-state index contributed by atoms with van der Waals surface area (Å²) < 4.78 is 0. The summed E-state index contributed by atoms with van der Waals surface area (Å²) in [5.74, 6) is -0.204. The van der Waals surface area contributed by atoms with Crippen LogP contribution >= 0.6 is 23.2 Å². The van der Waals surface area contributed by atoms with Crippen LogP contribution in [0.2, 0.25) is 10.0 Å². The maximum Gasteiger partial charge on any atom is 0.253 e. The van der Waals surface area contributed by atoms with E-state index in [0.717, 1.165) is 16.8 Å². The normalized spacial score (nSPS) is 16.6. The van der Waals surface area contributed by atoms with Crippen molar-refractivity contribution in [3.63, 3.8) is 0 Å². The summed E-state index contributed by atoms with van der Waals surface area (Å²) in [4.78, 5) is 22.0. The Bertz CT molecular complexity index is 1290. The topological polar surface area (TPSA) is 71.6 Å². The highest BCUT2D eigenvalue weighted by molar-refractivity contribution is 6.33. The van der Waals surface area contributed by atoms with Crippen LogP contribution in [0.5, 0.6) is 0 Å². The quantitative estimate of drug-likeness (QED) is 0.375. The lowest BCUT2D eigenvalue weighted by atomic mass is 10.00. The van der Waals surface area contributed by atoms with Gasteiger partial charge in [-0.15, -0.1) is 0 Å². The summed E-state index contributed by atoms with van der Waals surface area (Å²) in [5.41, 5.74) is 3.67. The molecule has 0 spiro atoms. The minimum Gasteiger partial charge on any atom is -0.395 e. The van der Waals surface area contributed by atoms with E-state index < -0.39 is 6.10 Å². The summed E-state index contributed by atoms with van der Waals surface area (Å²) in [6, 6.07) is 20.0. The van der Waals surface area contributed by atoms with Crippen LogP contribution in [0.4, 0.5) is 11.4 Å². The van der Waals surface area contributed by atoms with E-state index in [1.807, 2.05) is 30.3 Å². The van der Waals surface area contributed by atoms with Crippen molar-refractivity contribution in [3.05, 3.63) is 105 Å². The Balaban J connectivity index is 1.56. The first kappa shape index (κ1) is 27.9. The molecule has 38 heavy (non-hydrogen) atoms. The van der Waals surface area contributed by atoms with E-state index in [2.05, 4.69) is 14.6 Å². The summed E-state index contributed by atoms with van der Waals surface area (Å²) >= 11 is 12.9. The van der Waals surface area contributed by atoms with Gasteiger partial charge in [-0.05, 0) is 41.5 Å². The monoisotopic (exact) mass is 552 g/mol. The zero-order valence-electron chi connectivity index (χ0n) is 21.1. The first-order chi connectivity index (χ1) is 18.3. The number of amides is 1. The standard InChI is InChI=1S/C29H30Cl2N4O3/c1-32-24-10-5-21(6-11-24)28(37)19-34-13-14-35(27(18-34)20-3-8-23(30)9-4-20)26-12-7-22(17-25(26)31)29(38)33(2)15-16-36/h3-12,17,27-28,36-37H,13-16,18-19H2,2H3/t27-,28+/m0/s1. The molecule has 2 atom stereocenters. The fraction of sp³-hybridized carbons (Fsp3) is 0.310. The second-order valence-corrected chi connectivity index (χ2v) is 10.2. The molecule has 3 aromatic rings. The molecule has 0 saturated carbocycles. The van der Waals surface area contributed by atoms with Gasteiger partial charge in [0.25, 0.3) is 5.91 Å². The van der Waals surface area contributed by atoms with Gasteiger partial charge in [0.1, 0.15) is 0 Å². The van der Waals surface area contributed by atoms with Crippen LogP contribution in [0.15, 0.2) is 66.7 Å². The molecular weight excluding hydrogens is 523 g/mol. The van der Waals surface area contributed by atoms with Crippen LogP contribution in [0.1, 0.15) is 33.6 Å². The average Bonchev–Trinajstić information content (AvgIpc) is 2.93. The lowest BCUT2D eigenvalue weighted by molar-refractivity contribution is 0.0767. The predicted octanol–water partition coefficient (Wildman–Crippen LogP) is 5.21. The molecule has 0 aliphatic carbocycles. The number of nitrogens with zero attached hydrogens (tertiary/aromatic N) is 4. The fourth-order valence-corrected chi connectivity index (χ4v) is 5.14. The third kappa shape index (κ3) is 6.47. The zero-order valence-corrected chi connectivity index (χ0v) is 22.6. The number of aliphatic hydroxyl groups excluding tert-OH is 2. The van der Waals surface area contributed by atoms with Gasteiger partial charge in [-0.3, -0.25) is 9.69 Å². The number of aliphatic hydroxyl groups is 2. The Labute approximate surface area is 233 Å². The molecule has 1 saturated heterocycles. The van der Waals surface area contributed by atoms with Crippen molar-refractivity contribution >= 4 is 40.5 Å². The van der Waals surface area contributed by atoms with E-state index >= 15 is 0 Å². The van der Waals surface area contributed by atoms with E-state index in [0.29, 0.717) is 47.5 Å². The molecular formula is C29H30Cl2N4O3. The molecule has 2 N–H and O–H groups in total. The van der Waals surface area contributed by atoms with Crippen LogP contribution in [-0.4, -0.2) is 72.3 Å². The number of likely N-dealkylation sites (N-methyl/N-ethyl adjacent to an activating group) is 1. The second kappa shape index (κ2) is 12.6. The summed E-state index contributed by atoms with van der Waals surface area (Å²) in [5, 5.41) is 21.2. The Morgan fingerprint density at radius 1 is 1.11 bits per heavy atom. The first-order valence-corrected chi connectivity index (χ1v) is 13.1. The van der Waals surface area contributed by atoms with Crippen LogP contribution in [0, 0.1) is 6.57 Å². The molecule has 0 bridgehead atoms. The number of piperazine rings is 1. The molecule has 3 aromatic carbocycles. The van der Waals surface area contributed by atoms with E-state index in [9.17, 15) is 9.90 Å². The zero-order chi connectivity index (χ0) is 27.2. The van der Waals surface area contributed by atoms with Crippen molar-refractivity contribution in [2.24, 2.45) is 0 Å². The van der Waals surface area contributed by atoms with Gasteiger partial charge in [-0.1, -0.05) is 59.6 Å². The molecule has 1 heterocycles. The Morgan fingerprint density at radius 2 is 1.82 bits per heavy atom. The van der Waals surface area contributed by atoms with Crippen molar-refractivity contribution in [2.75, 3.05) is 51.3 Å². The first-order valence-electron chi connectivity index (χ1n) is 12.4. The molecule has 1 aliphatic rings. The summed E-state index contributed by atoms with van der Waals surface area (Å²) in [6.45, 7) is 9.72. The number of halogens is 2. The predicted molar refractivity (Wildman–Crippen MR) is 151 cm³/mol. The summed E-state index contributed by atoms with van der Waals surface area (Å²) in [7, 11) is 1.64. The average molecular weight is 553 g/mol. The molecule has 1 aliphatic heterocycles. The Hall–Kier alpha value is -3.12. The lowest BCUT2D eigenvalue weighted by Crippen LogP contribution is -2.49. The number of anilines is 1. The molecule has 0 aromatic heterocycles. The molecule has 1 amide bonds. The van der Waals surface area contributed by atoms with Crippen molar-refractivity contribution in [3.8, 4) is 0 Å². The van der Waals surface area contributed by atoms with E-state index in [4.69, 9.17) is 34.9 Å². The SMILES string of the molecule is [C-]#[N+]c1ccc([C@H](O)CN2CCN(c3ccc(C(=O)N(C)CCO)cc3Cl)[C@H](c3ccc(Cl)cc3)C2)cc1. The molecule has 9 heteroatoms. The molecule has 4 rings (SSSR count). The minimum absolute atomic E-state index is 0.0613. The van der Waals surface area contributed by atoms with Gasteiger partial charge in [0.15, 0.2) is 5.69 Å². The third-order valence-corrected chi connectivity index (χ3v) is 7.40. The van der Waals surface area contributed by atoms with E-state index in [1.54, 1.807) is 43.4 Å². The molecule has 7 nitrogen and oxygen atoms in total. The van der Waals surface area contributed by atoms with E-state index in [-0.39, 0.29) is 25.1 Å². The van der Waals surface area contributed by atoms with Gasteiger partial charge in [-0.25, -0.2) is 4.85 Å². The largest absolute Gasteiger partial charge is 0.395 e. The van der Waals surface area contributed by atoms with Crippen LogP contribution in [-0.2, 0) is 0 Å². The minimum atomic E-state index is -0.683. The third-order valence-electron chi connectivity index (χ3n) is 6.84. The number of hydrogen-bond acceptors (Lipinski definition) is 5. The number of carbonyl (C=O) groups excluding carboxylic acids is 1. The smallest absolute Gasteiger partial charge is 0.253 e.